The predicted octanol–water partition coefficient (Wildman–Crippen LogP) is 1.14. The summed E-state index contributed by atoms with van der Waals surface area (Å²) in [7, 11) is 1.55. The molecule has 2 aliphatic heterocycles. The number of hydrogen-bond acceptors (Lipinski definition) is 9. The highest BCUT2D eigenvalue weighted by Crippen LogP contribution is 2.34. The highest BCUT2D eigenvalue weighted by molar-refractivity contribution is 6.00. The van der Waals surface area contributed by atoms with E-state index < -0.39 is 17.2 Å². The smallest absolute Gasteiger partial charge is 0.274 e. The number of benzene rings is 2. The summed E-state index contributed by atoms with van der Waals surface area (Å²) in [5, 5.41) is 31.2. The lowest BCUT2D eigenvalue weighted by atomic mass is 10.1. The molecular formula is C19H19N6O5-. The zero-order chi connectivity index (χ0) is 21.4. The third-order valence-electron chi connectivity index (χ3n) is 4.80. The van der Waals surface area contributed by atoms with Crippen LogP contribution in [0.4, 0.5) is 17.1 Å². The number of nitrogens with one attached hydrogen (secondary N) is 2. The van der Waals surface area contributed by atoms with Crippen LogP contribution in [-0.2, 0) is 4.74 Å². The standard InChI is InChI=1S/C19H20N6O5/c1-3-30-18(27)16-21-23(12-8-10-13(11-9-12)25(28)29)19-20-15-7-5-4-6-14(15)17(26)22(2)24(16)19/h4-11,19-21,27H,3H2,1-2H3/p-1. The third-order valence-corrected chi connectivity index (χ3v) is 4.80. The maximum Gasteiger partial charge on any atom is 0.274 e. The van der Waals surface area contributed by atoms with Gasteiger partial charge in [-0.2, -0.15) is 0 Å². The van der Waals surface area contributed by atoms with Gasteiger partial charge in [-0.25, -0.2) is 15.0 Å². The highest BCUT2D eigenvalue weighted by atomic mass is 16.6. The summed E-state index contributed by atoms with van der Waals surface area (Å²) in [6.07, 6.45) is -0.719. The fourth-order valence-corrected chi connectivity index (χ4v) is 3.38. The van der Waals surface area contributed by atoms with E-state index in [0.717, 1.165) is 0 Å². The molecule has 2 N–H and O–H groups in total. The summed E-state index contributed by atoms with van der Waals surface area (Å²) in [6.45, 7) is 1.84. The molecule has 2 aliphatic rings. The Morgan fingerprint density at radius 1 is 1.20 bits per heavy atom. The van der Waals surface area contributed by atoms with Crippen LogP contribution in [0.5, 0.6) is 0 Å². The Morgan fingerprint density at radius 2 is 1.90 bits per heavy atom. The number of nitrogens with zero attached hydrogens (tertiary/aromatic N) is 4. The Morgan fingerprint density at radius 3 is 2.57 bits per heavy atom. The normalized spacial score (nSPS) is 19.3. The largest absolute Gasteiger partial charge is 0.611 e. The molecule has 30 heavy (non-hydrogen) atoms. The van der Waals surface area contributed by atoms with Gasteiger partial charge in [-0.15, -0.1) is 0 Å². The maximum atomic E-state index is 13.0. The van der Waals surface area contributed by atoms with Crippen LogP contribution in [0.3, 0.4) is 0 Å². The van der Waals surface area contributed by atoms with Crippen LogP contribution < -0.4 is 20.9 Å². The van der Waals surface area contributed by atoms with E-state index in [-0.39, 0.29) is 24.0 Å². The second kappa shape index (κ2) is 7.35. The van der Waals surface area contributed by atoms with Gasteiger partial charge in [0, 0.05) is 19.2 Å². The van der Waals surface area contributed by atoms with Crippen LogP contribution in [-0.4, -0.2) is 40.8 Å². The first-order chi connectivity index (χ1) is 14.4. The van der Waals surface area contributed by atoms with E-state index in [1.165, 1.54) is 22.2 Å². The quantitative estimate of drug-likeness (QED) is 0.433. The van der Waals surface area contributed by atoms with Gasteiger partial charge in [0.2, 0.25) is 6.29 Å². The average molecular weight is 411 g/mol. The van der Waals surface area contributed by atoms with Crippen molar-refractivity contribution in [2.45, 2.75) is 13.2 Å². The molecule has 2 aromatic rings. The van der Waals surface area contributed by atoms with Gasteiger partial charge in [0.25, 0.3) is 11.6 Å². The summed E-state index contributed by atoms with van der Waals surface area (Å²) in [5.74, 6) is -0.912. The Bertz CT molecular complexity index is 1020. The topological polar surface area (TPSA) is 126 Å². The van der Waals surface area contributed by atoms with E-state index in [1.54, 1.807) is 55.4 Å². The molecule has 0 spiro atoms. The van der Waals surface area contributed by atoms with Crippen LogP contribution in [0.1, 0.15) is 17.3 Å². The maximum absolute atomic E-state index is 13.0. The fraction of sp³-hybridized carbons (Fsp3) is 0.211. The number of non-ortho nitro benzene ring substituents is 1. The number of fused-ring (bicyclic) bond motifs is 2. The molecular weight excluding hydrogens is 392 g/mol. The first kappa shape index (κ1) is 19.2. The summed E-state index contributed by atoms with van der Waals surface area (Å²) < 4.78 is 5.15. The van der Waals surface area contributed by atoms with Crippen molar-refractivity contribution in [1.82, 2.24) is 15.4 Å². The summed E-state index contributed by atoms with van der Waals surface area (Å²) >= 11 is 0. The van der Waals surface area contributed by atoms with E-state index in [4.69, 9.17) is 4.74 Å². The lowest BCUT2D eigenvalue weighted by molar-refractivity contribution is -0.384. The zero-order valence-corrected chi connectivity index (χ0v) is 16.2. The molecule has 11 nitrogen and oxygen atoms in total. The molecule has 0 aromatic heterocycles. The Labute approximate surface area is 171 Å². The fourth-order valence-electron chi connectivity index (χ4n) is 3.38. The van der Waals surface area contributed by atoms with E-state index >= 15 is 0 Å². The Kier molecular flexibility index (Phi) is 4.70. The van der Waals surface area contributed by atoms with Gasteiger partial charge >= 0.3 is 0 Å². The second-order valence-electron chi connectivity index (χ2n) is 6.56. The minimum absolute atomic E-state index is 0.0383. The van der Waals surface area contributed by atoms with Crippen molar-refractivity contribution in [3.63, 3.8) is 0 Å². The van der Waals surface area contributed by atoms with Crippen LogP contribution in [0.25, 0.3) is 0 Å². The monoisotopic (exact) mass is 411 g/mol. The van der Waals surface area contributed by atoms with Crippen LogP contribution in [0, 0.1) is 10.1 Å². The first-order valence-corrected chi connectivity index (χ1v) is 9.19. The SMILES string of the molecule is CCOC([O-])=C1NN(c2ccc([N+](=O)[O-])cc2)C2Nc3ccccc3C(=O)N(C)N12. The van der Waals surface area contributed by atoms with Crippen LogP contribution >= 0.6 is 0 Å². The van der Waals surface area contributed by atoms with Crippen molar-refractivity contribution in [3.05, 3.63) is 76.0 Å². The molecule has 156 valence electrons. The molecule has 1 unspecified atom stereocenters. The number of carbonyl (C=O) groups is 1. The number of para-hydroxylation sites is 1. The Balaban J connectivity index is 1.82. The van der Waals surface area contributed by atoms with Crippen molar-refractivity contribution in [1.29, 1.82) is 0 Å². The molecule has 0 bridgehead atoms. The molecule has 1 fully saturated rings. The van der Waals surface area contributed by atoms with Gasteiger partial charge in [-0.3, -0.25) is 20.3 Å². The van der Waals surface area contributed by atoms with E-state index in [2.05, 4.69) is 10.7 Å². The van der Waals surface area contributed by atoms with Crippen LogP contribution in [0.2, 0.25) is 0 Å². The molecule has 2 aromatic carbocycles. The zero-order valence-electron chi connectivity index (χ0n) is 16.2. The third kappa shape index (κ3) is 3.05. The number of nitro groups is 1. The van der Waals surface area contributed by atoms with Gasteiger partial charge in [0.1, 0.15) is 0 Å². The number of ether oxygens (including phenoxy) is 1. The van der Waals surface area contributed by atoms with Crippen LogP contribution in [0.15, 0.2) is 60.3 Å². The highest BCUT2D eigenvalue weighted by Gasteiger charge is 2.43. The molecule has 1 saturated heterocycles. The number of carbonyl (C=O) groups excluding carboxylic acids is 1. The van der Waals surface area contributed by atoms with E-state index in [9.17, 15) is 20.0 Å². The number of rotatable bonds is 4. The molecule has 2 heterocycles. The molecule has 0 saturated carbocycles. The van der Waals surface area contributed by atoms with Crippen molar-refractivity contribution in [2.75, 3.05) is 24.0 Å². The molecule has 0 radical (unpaired) electrons. The lowest BCUT2D eigenvalue weighted by Crippen LogP contribution is -2.51. The molecule has 1 amide bonds. The minimum atomic E-state index is -0.719. The summed E-state index contributed by atoms with van der Waals surface area (Å²) in [5.41, 5.74) is 4.48. The number of amides is 1. The predicted molar refractivity (Wildman–Crippen MR) is 105 cm³/mol. The lowest BCUT2D eigenvalue weighted by Gasteiger charge is -2.34. The van der Waals surface area contributed by atoms with Gasteiger partial charge in [0.05, 0.1) is 27.8 Å². The summed E-state index contributed by atoms with van der Waals surface area (Å²) in [4.78, 5) is 23.5. The number of anilines is 2. The van der Waals surface area contributed by atoms with Gasteiger partial charge in [0.15, 0.2) is 5.82 Å². The van der Waals surface area contributed by atoms with Gasteiger partial charge in [-0.05, 0) is 30.9 Å². The molecule has 4 rings (SSSR count). The first-order valence-electron chi connectivity index (χ1n) is 9.19. The average Bonchev–Trinajstić information content (AvgIpc) is 3.07. The van der Waals surface area contributed by atoms with E-state index in [0.29, 0.717) is 16.9 Å². The van der Waals surface area contributed by atoms with E-state index in [1.807, 2.05) is 0 Å². The van der Waals surface area contributed by atoms with Gasteiger partial charge < -0.3 is 15.2 Å². The van der Waals surface area contributed by atoms with Crippen molar-refractivity contribution < 1.29 is 19.6 Å². The summed E-state index contributed by atoms with van der Waals surface area (Å²) in [6, 6.07) is 12.8. The second-order valence-corrected chi connectivity index (χ2v) is 6.56. The molecule has 1 atom stereocenters. The van der Waals surface area contributed by atoms with Crippen molar-refractivity contribution in [3.8, 4) is 0 Å². The Hall–Kier alpha value is -4.15. The van der Waals surface area contributed by atoms with Crippen molar-refractivity contribution in [2.24, 2.45) is 0 Å². The minimum Gasteiger partial charge on any atom is -0.611 e. The number of nitro benzene ring substituents is 1. The van der Waals surface area contributed by atoms with Gasteiger partial charge in [-0.1, -0.05) is 19.1 Å². The number of hydrogen-bond donors (Lipinski definition) is 2. The number of hydrazine groups is 2. The van der Waals surface area contributed by atoms with Crippen molar-refractivity contribution >= 4 is 23.0 Å². The molecule has 11 heteroatoms. The molecule has 0 aliphatic carbocycles.